The highest BCUT2D eigenvalue weighted by molar-refractivity contribution is 9.11. The molecule has 1 unspecified atom stereocenters. The molecule has 0 aliphatic rings. The molecule has 0 aliphatic carbocycles. The van der Waals surface area contributed by atoms with Gasteiger partial charge in [0.2, 0.25) is 0 Å². The van der Waals surface area contributed by atoms with Gasteiger partial charge in [0.25, 0.3) is 0 Å². The van der Waals surface area contributed by atoms with Crippen LogP contribution in [0.25, 0.3) is 5.69 Å². The van der Waals surface area contributed by atoms with Crippen molar-refractivity contribution in [2.75, 3.05) is 0 Å². The molecule has 1 heterocycles. The topological polar surface area (TPSA) is 50.9 Å². The van der Waals surface area contributed by atoms with E-state index in [0.29, 0.717) is 5.69 Å². The lowest BCUT2D eigenvalue weighted by atomic mass is 10.2. The zero-order valence-corrected chi connectivity index (χ0v) is 12.5. The smallest absolute Gasteiger partial charge is 0.111 e. The van der Waals surface area contributed by atoms with Gasteiger partial charge in [-0.2, -0.15) is 0 Å². The Balaban J connectivity index is 2.52. The maximum absolute atomic E-state index is 9.43. The second-order valence-corrected chi connectivity index (χ2v) is 5.55. The molecule has 0 spiro atoms. The van der Waals surface area contributed by atoms with E-state index in [-0.39, 0.29) is 0 Å². The maximum atomic E-state index is 9.43. The SMILES string of the molecule is Cc1cc(Br)c(-n2cc(C(C)O)nn2)c(Br)c1. The molecule has 6 heteroatoms. The van der Waals surface area contributed by atoms with E-state index in [2.05, 4.69) is 42.2 Å². The van der Waals surface area contributed by atoms with Gasteiger partial charge in [-0.05, 0) is 63.4 Å². The third kappa shape index (κ3) is 2.59. The minimum absolute atomic E-state index is 0.546. The van der Waals surface area contributed by atoms with Gasteiger partial charge in [0.1, 0.15) is 5.69 Å². The average Bonchev–Trinajstić information content (AvgIpc) is 2.65. The predicted octanol–water partition coefficient (Wildman–Crippen LogP) is 3.15. The van der Waals surface area contributed by atoms with Crippen LogP contribution in [0.1, 0.15) is 24.3 Å². The Kier molecular flexibility index (Phi) is 3.65. The number of nitrogens with zero attached hydrogens (tertiary/aromatic N) is 3. The van der Waals surface area contributed by atoms with Gasteiger partial charge in [-0.1, -0.05) is 5.21 Å². The zero-order valence-electron chi connectivity index (χ0n) is 9.35. The van der Waals surface area contributed by atoms with Crippen molar-refractivity contribution >= 4 is 31.9 Å². The second-order valence-electron chi connectivity index (χ2n) is 3.84. The lowest BCUT2D eigenvalue weighted by Gasteiger charge is -2.07. The van der Waals surface area contributed by atoms with Crippen molar-refractivity contribution in [3.05, 3.63) is 38.5 Å². The van der Waals surface area contributed by atoms with Gasteiger partial charge in [-0.25, -0.2) is 4.68 Å². The largest absolute Gasteiger partial charge is 0.387 e. The minimum Gasteiger partial charge on any atom is -0.387 e. The molecular weight excluding hydrogens is 350 g/mol. The summed E-state index contributed by atoms with van der Waals surface area (Å²) in [6.07, 6.45) is 1.09. The van der Waals surface area contributed by atoms with Gasteiger partial charge >= 0.3 is 0 Å². The van der Waals surface area contributed by atoms with Gasteiger partial charge < -0.3 is 5.11 Å². The molecule has 17 heavy (non-hydrogen) atoms. The van der Waals surface area contributed by atoms with Crippen molar-refractivity contribution in [1.29, 1.82) is 0 Å². The van der Waals surface area contributed by atoms with Gasteiger partial charge in [-0.15, -0.1) is 5.10 Å². The zero-order chi connectivity index (χ0) is 12.6. The van der Waals surface area contributed by atoms with Crippen molar-refractivity contribution in [1.82, 2.24) is 15.0 Å². The molecule has 0 radical (unpaired) electrons. The number of rotatable bonds is 2. The van der Waals surface area contributed by atoms with Crippen LogP contribution < -0.4 is 0 Å². The number of aliphatic hydroxyl groups excluding tert-OH is 1. The summed E-state index contributed by atoms with van der Waals surface area (Å²) in [4.78, 5) is 0. The Bertz CT molecular complexity index is 528. The molecule has 1 atom stereocenters. The summed E-state index contributed by atoms with van der Waals surface area (Å²) in [6, 6.07) is 4.01. The molecule has 2 aromatic rings. The number of hydrogen-bond donors (Lipinski definition) is 1. The number of hydrogen-bond acceptors (Lipinski definition) is 3. The van der Waals surface area contributed by atoms with E-state index in [1.807, 2.05) is 19.1 Å². The first-order valence-corrected chi connectivity index (χ1v) is 6.64. The van der Waals surface area contributed by atoms with E-state index >= 15 is 0 Å². The van der Waals surface area contributed by atoms with Gasteiger partial charge in [0.05, 0.1) is 18.0 Å². The van der Waals surface area contributed by atoms with E-state index < -0.39 is 6.10 Å². The maximum Gasteiger partial charge on any atom is 0.111 e. The average molecular weight is 361 g/mol. The molecule has 0 bridgehead atoms. The Morgan fingerprint density at radius 1 is 1.29 bits per heavy atom. The number of aliphatic hydroxyl groups is 1. The summed E-state index contributed by atoms with van der Waals surface area (Å²) in [6.45, 7) is 3.68. The standard InChI is InChI=1S/C11H11Br2N3O/c1-6-3-8(12)11(9(13)4-6)16-5-10(7(2)17)14-15-16/h3-5,7,17H,1-2H3. The number of aryl methyl sites for hydroxylation is 1. The fourth-order valence-corrected chi connectivity index (χ4v) is 3.27. The van der Waals surface area contributed by atoms with Crippen LogP contribution in [-0.4, -0.2) is 20.1 Å². The Hall–Kier alpha value is -0.720. The Morgan fingerprint density at radius 2 is 1.88 bits per heavy atom. The fraction of sp³-hybridized carbons (Fsp3) is 0.273. The molecule has 0 saturated carbocycles. The first-order valence-electron chi connectivity index (χ1n) is 5.05. The summed E-state index contributed by atoms with van der Waals surface area (Å²) in [5, 5.41) is 17.4. The summed E-state index contributed by atoms with van der Waals surface area (Å²) in [5.74, 6) is 0. The van der Waals surface area contributed by atoms with Crippen LogP contribution in [-0.2, 0) is 0 Å². The highest BCUT2D eigenvalue weighted by Crippen LogP contribution is 2.30. The molecule has 1 aromatic heterocycles. The van der Waals surface area contributed by atoms with Crippen molar-refractivity contribution in [2.24, 2.45) is 0 Å². The van der Waals surface area contributed by atoms with Crippen LogP contribution >= 0.6 is 31.9 Å². The van der Waals surface area contributed by atoms with E-state index in [4.69, 9.17) is 0 Å². The summed E-state index contributed by atoms with van der Waals surface area (Å²) >= 11 is 7.00. The Morgan fingerprint density at radius 3 is 2.35 bits per heavy atom. The molecule has 4 nitrogen and oxygen atoms in total. The summed E-state index contributed by atoms with van der Waals surface area (Å²) < 4.78 is 3.48. The van der Waals surface area contributed by atoms with Gasteiger partial charge in [-0.3, -0.25) is 0 Å². The molecule has 1 aromatic carbocycles. The van der Waals surface area contributed by atoms with Crippen LogP contribution in [0.2, 0.25) is 0 Å². The van der Waals surface area contributed by atoms with E-state index in [0.717, 1.165) is 20.2 Å². The van der Waals surface area contributed by atoms with Crippen LogP contribution in [0, 0.1) is 6.92 Å². The fourth-order valence-electron chi connectivity index (χ4n) is 1.49. The number of benzene rings is 1. The quantitative estimate of drug-likeness (QED) is 0.894. The lowest BCUT2D eigenvalue weighted by molar-refractivity contribution is 0.194. The molecule has 1 N–H and O–H groups in total. The number of halogens is 2. The van der Waals surface area contributed by atoms with E-state index in [1.54, 1.807) is 17.8 Å². The highest BCUT2D eigenvalue weighted by Gasteiger charge is 2.12. The molecule has 0 saturated heterocycles. The predicted molar refractivity (Wildman–Crippen MR) is 72.1 cm³/mol. The van der Waals surface area contributed by atoms with Crippen LogP contribution in [0.15, 0.2) is 27.3 Å². The molecular formula is C11H11Br2N3O. The molecule has 90 valence electrons. The first-order chi connectivity index (χ1) is 7.99. The third-order valence-corrected chi connectivity index (χ3v) is 3.54. The molecule has 0 fully saturated rings. The molecule has 2 rings (SSSR count). The normalized spacial score (nSPS) is 12.8. The van der Waals surface area contributed by atoms with Gasteiger partial charge in [0, 0.05) is 8.95 Å². The van der Waals surface area contributed by atoms with Crippen molar-refractivity contribution < 1.29 is 5.11 Å². The molecule has 0 amide bonds. The first kappa shape index (κ1) is 12.7. The van der Waals surface area contributed by atoms with Crippen molar-refractivity contribution in [3.63, 3.8) is 0 Å². The highest BCUT2D eigenvalue weighted by atomic mass is 79.9. The van der Waals surface area contributed by atoms with Crippen LogP contribution in [0.5, 0.6) is 0 Å². The summed E-state index contributed by atoms with van der Waals surface area (Å²) in [5.41, 5.74) is 2.56. The monoisotopic (exact) mass is 359 g/mol. The third-order valence-electron chi connectivity index (χ3n) is 2.33. The number of aromatic nitrogens is 3. The lowest BCUT2D eigenvalue weighted by Crippen LogP contribution is -1.98. The van der Waals surface area contributed by atoms with E-state index in [9.17, 15) is 5.11 Å². The second kappa shape index (κ2) is 4.88. The Labute approximate surface area is 116 Å². The summed E-state index contributed by atoms with van der Waals surface area (Å²) in [7, 11) is 0. The van der Waals surface area contributed by atoms with Gasteiger partial charge in [0.15, 0.2) is 0 Å². The van der Waals surface area contributed by atoms with Crippen molar-refractivity contribution in [3.8, 4) is 5.69 Å². The van der Waals surface area contributed by atoms with Crippen molar-refractivity contribution in [2.45, 2.75) is 20.0 Å². The van der Waals surface area contributed by atoms with Crippen LogP contribution in [0.4, 0.5) is 0 Å². The molecule has 0 aliphatic heterocycles. The van der Waals surface area contributed by atoms with E-state index in [1.165, 1.54) is 0 Å². The van der Waals surface area contributed by atoms with Crippen LogP contribution in [0.3, 0.4) is 0 Å². The minimum atomic E-state index is -0.619.